The number of benzene rings is 2. The van der Waals surface area contributed by atoms with E-state index in [1.165, 1.54) is 30.5 Å². The van der Waals surface area contributed by atoms with Crippen LogP contribution < -0.4 is 10.6 Å². The van der Waals surface area contributed by atoms with Gasteiger partial charge >= 0.3 is 0 Å². The van der Waals surface area contributed by atoms with Crippen LogP contribution in [0.4, 0.5) is 15.9 Å². The fraction of sp³-hybridized carbons (Fsp3) is 0.174. The number of nitrogens with one attached hydrogen (secondary N) is 2. The van der Waals surface area contributed by atoms with Gasteiger partial charge in [-0.1, -0.05) is 28.1 Å². The highest BCUT2D eigenvalue weighted by molar-refractivity contribution is 9.10. The quantitative estimate of drug-likeness (QED) is 0.549. The molecule has 0 radical (unpaired) electrons. The molecule has 0 spiro atoms. The molecule has 0 fully saturated rings. The van der Waals surface area contributed by atoms with E-state index in [4.69, 9.17) is 0 Å². The number of fused-ring (bicyclic) bond motifs is 1. The molecule has 1 aromatic heterocycles. The minimum Gasteiger partial charge on any atom is -0.343 e. The highest BCUT2D eigenvalue weighted by Gasteiger charge is 2.37. The van der Waals surface area contributed by atoms with E-state index >= 15 is 0 Å². The summed E-state index contributed by atoms with van der Waals surface area (Å²) in [6, 6.07) is 12.9. The number of nitrogens with zero attached hydrogens (tertiary/aromatic N) is 2. The van der Waals surface area contributed by atoms with Crippen molar-refractivity contribution in [3.8, 4) is 0 Å². The van der Waals surface area contributed by atoms with Crippen LogP contribution in [-0.4, -0.2) is 21.5 Å². The van der Waals surface area contributed by atoms with Gasteiger partial charge in [0.15, 0.2) is 5.78 Å². The van der Waals surface area contributed by atoms with Crippen LogP contribution in [0.5, 0.6) is 0 Å². The standard InChI is InChI=1S/C23H18BrFN4O2/c24-14-6-4-13(5-7-14)21-20-18(2-1-3-19(20)30)28-22-17(12-26-29(21)22)23(31)27-16-10-8-15(25)9-11-16/h4-12,21,28H,1-3H2,(H,27,31)/t21-/m1/s1. The van der Waals surface area contributed by atoms with Crippen molar-refractivity contribution in [2.24, 2.45) is 0 Å². The molecular weight excluding hydrogens is 463 g/mol. The number of ketones is 1. The molecule has 0 unspecified atom stereocenters. The Labute approximate surface area is 186 Å². The van der Waals surface area contributed by atoms with Gasteiger partial charge in [0.05, 0.1) is 6.20 Å². The van der Waals surface area contributed by atoms with Crippen LogP contribution in [0.2, 0.25) is 0 Å². The average molecular weight is 481 g/mol. The molecule has 1 amide bonds. The molecule has 2 aromatic carbocycles. The summed E-state index contributed by atoms with van der Waals surface area (Å²) >= 11 is 3.45. The van der Waals surface area contributed by atoms with Gasteiger partial charge in [0.25, 0.3) is 5.91 Å². The van der Waals surface area contributed by atoms with Crippen molar-refractivity contribution in [3.05, 3.63) is 87.4 Å². The molecule has 2 N–H and O–H groups in total. The zero-order chi connectivity index (χ0) is 21.5. The number of aromatic nitrogens is 2. The first-order valence-electron chi connectivity index (χ1n) is 9.94. The number of hydrogen-bond donors (Lipinski definition) is 2. The molecule has 0 saturated carbocycles. The monoisotopic (exact) mass is 480 g/mol. The Morgan fingerprint density at radius 2 is 1.87 bits per heavy atom. The summed E-state index contributed by atoms with van der Waals surface area (Å²) in [7, 11) is 0. The molecule has 1 atom stereocenters. The van der Waals surface area contributed by atoms with Crippen LogP contribution in [0, 0.1) is 5.82 Å². The number of carbonyl (C=O) groups is 2. The van der Waals surface area contributed by atoms with Gasteiger partial charge in [-0.25, -0.2) is 9.07 Å². The second kappa shape index (κ2) is 7.77. The largest absolute Gasteiger partial charge is 0.343 e. The van der Waals surface area contributed by atoms with Crippen LogP contribution in [-0.2, 0) is 4.79 Å². The number of allylic oxidation sites excluding steroid dienone is 2. The van der Waals surface area contributed by atoms with E-state index in [0.29, 0.717) is 29.1 Å². The fourth-order valence-corrected chi connectivity index (χ4v) is 4.37. The molecular formula is C23H18BrFN4O2. The number of carbonyl (C=O) groups excluding carboxylic acids is 2. The van der Waals surface area contributed by atoms with Crippen LogP contribution in [0.25, 0.3) is 0 Å². The van der Waals surface area contributed by atoms with Gasteiger partial charge in [0.1, 0.15) is 23.2 Å². The number of halogens is 2. The van der Waals surface area contributed by atoms with Crippen molar-refractivity contribution < 1.29 is 14.0 Å². The summed E-state index contributed by atoms with van der Waals surface area (Å²) in [5.74, 6) is -0.0939. The molecule has 1 aliphatic carbocycles. The lowest BCUT2D eigenvalue weighted by Gasteiger charge is -2.33. The summed E-state index contributed by atoms with van der Waals surface area (Å²) < 4.78 is 15.8. The maximum atomic E-state index is 13.2. The van der Waals surface area contributed by atoms with Crippen LogP contribution in [0.1, 0.15) is 41.2 Å². The van der Waals surface area contributed by atoms with E-state index in [2.05, 4.69) is 31.7 Å². The lowest BCUT2D eigenvalue weighted by atomic mass is 9.85. The van der Waals surface area contributed by atoms with E-state index in [9.17, 15) is 14.0 Å². The normalized spacial score (nSPS) is 17.6. The van der Waals surface area contributed by atoms with Crippen LogP contribution in [0.15, 0.2) is 70.5 Å². The smallest absolute Gasteiger partial charge is 0.261 e. The van der Waals surface area contributed by atoms with E-state index in [1.807, 2.05) is 24.3 Å². The third kappa shape index (κ3) is 3.57. The maximum Gasteiger partial charge on any atom is 0.261 e. The average Bonchev–Trinajstić information content (AvgIpc) is 3.18. The van der Waals surface area contributed by atoms with Gasteiger partial charge in [0, 0.05) is 27.9 Å². The van der Waals surface area contributed by atoms with Crippen molar-refractivity contribution >= 4 is 39.1 Å². The number of rotatable bonds is 3. The Bertz CT molecular complexity index is 1220. The van der Waals surface area contributed by atoms with Crippen LogP contribution >= 0.6 is 15.9 Å². The number of anilines is 2. The minimum absolute atomic E-state index is 0.0973. The highest BCUT2D eigenvalue weighted by Crippen LogP contribution is 2.41. The van der Waals surface area contributed by atoms with Gasteiger partial charge in [-0.2, -0.15) is 5.10 Å². The highest BCUT2D eigenvalue weighted by atomic mass is 79.9. The molecule has 6 nitrogen and oxygen atoms in total. The van der Waals surface area contributed by atoms with Crippen LogP contribution in [0.3, 0.4) is 0 Å². The van der Waals surface area contributed by atoms with Gasteiger partial charge in [-0.05, 0) is 54.8 Å². The Balaban J connectivity index is 1.56. The van der Waals surface area contributed by atoms with Crippen molar-refractivity contribution in [1.82, 2.24) is 9.78 Å². The molecule has 3 aromatic rings. The lowest BCUT2D eigenvalue weighted by molar-refractivity contribution is -0.116. The second-order valence-electron chi connectivity index (χ2n) is 7.56. The molecule has 31 heavy (non-hydrogen) atoms. The lowest BCUT2D eigenvalue weighted by Crippen LogP contribution is -2.32. The summed E-state index contributed by atoms with van der Waals surface area (Å²) in [5, 5.41) is 10.5. The van der Waals surface area contributed by atoms with Crippen molar-refractivity contribution in [2.45, 2.75) is 25.3 Å². The summed E-state index contributed by atoms with van der Waals surface area (Å²) in [5.41, 5.74) is 3.31. The Hall–Kier alpha value is -3.26. The van der Waals surface area contributed by atoms with Gasteiger partial charge in [0.2, 0.25) is 0 Å². The Morgan fingerprint density at radius 1 is 1.13 bits per heavy atom. The third-order valence-corrected chi connectivity index (χ3v) is 6.10. The van der Waals surface area contributed by atoms with Crippen molar-refractivity contribution in [1.29, 1.82) is 0 Å². The molecule has 1 aliphatic heterocycles. The van der Waals surface area contributed by atoms with E-state index in [1.54, 1.807) is 4.68 Å². The zero-order valence-electron chi connectivity index (χ0n) is 16.4. The summed E-state index contributed by atoms with van der Waals surface area (Å²) in [6.07, 6.45) is 3.50. The third-order valence-electron chi connectivity index (χ3n) is 5.57. The first-order chi connectivity index (χ1) is 15.0. The first kappa shape index (κ1) is 19.7. The fourth-order valence-electron chi connectivity index (χ4n) is 4.11. The summed E-state index contributed by atoms with van der Waals surface area (Å²) in [6.45, 7) is 0. The SMILES string of the molecule is O=C1CCCC2=C1[C@@H](c1ccc(Br)cc1)n1ncc(C(=O)Nc3ccc(F)cc3)c1N2. The Morgan fingerprint density at radius 3 is 2.61 bits per heavy atom. The second-order valence-corrected chi connectivity index (χ2v) is 8.48. The minimum atomic E-state index is -0.403. The van der Waals surface area contributed by atoms with E-state index in [0.717, 1.165) is 28.6 Å². The molecule has 2 aliphatic rings. The number of amides is 1. The summed E-state index contributed by atoms with van der Waals surface area (Å²) in [4.78, 5) is 25.8. The Kier molecular flexibility index (Phi) is 4.94. The molecule has 2 heterocycles. The van der Waals surface area contributed by atoms with Crippen molar-refractivity contribution in [3.63, 3.8) is 0 Å². The number of hydrogen-bond acceptors (Lipinski definition) is 4. The first-order valence-corrected chi connectivity index (χ1v) is 10.7. The molecule has 8 heteroatoms. The van der Waals surface area contributed by atoms with Gasteiger partial charge in [-0.15, -0.1) is 0 Å². The molecule has 0 saturated heterocycles. The van der Waals surface area contributed by atoms with E-state index in [-0.39, 0.29) is 17.5 Å². The van der Waals surface area contributed by atoms with Crippen molar-refractivity contribution in [2.75, 3.05) is 10.6 Å². The molecule has 156 valence electrons. The van der Waals surface area contributed by atoms with Gasteiger partial charge < -0.3 is 10.6 Å². The maximum absolute atomic E-state index is 13.2. The predicted octanol–water partition coefficient (Wildman–Crippen LogP) is 5.06. The topological polar surface area (TPSA) is 76.0 Å². The zero-order valence-corrected chi connectivity index (χ0v) is 17.9. The molecule has 0 bridgehead atoms. The van der Waals surface area contributed by atoms with Gasteiger partial charge in [-0.3, -0.25) is 9.59 Å². The molecule has 5 rings (SSSR count). The predicted molar refractivity (Wildman–Crippen MR) is 118 cm³/mol. The van der Waals surface area contributed by atoms with E-state index < -0.39 is 6.04 Å². The number of Topliss-reactive ketones (excluding diaryl/α,β-unsaturated/α-hetero) is 1.